The van der Waals surface area contributed by atoms with Crippen LogP contribution in [0.1, 0.15) is 49.7 Å². The van der Waals surface area contributed by atoms with Crippen molar-refractivity contribution in [3.63, 3.8) is 0 Å². The van der Waals surface area contributed by atoms with E-state index in [0.29, 0.717) is 22.2 Å². The van der Waals surface area contributed by atoms with Crippen LogP contribution in [0.2, 0.25) is 10.0 Å². The zero-order valence-corrected chi connectivity index (χ0v) is 26.0. The zero-order valence-electron chi connectivity index (χ0n) is 23.7. The molecule has 10 heteroatoms. The average Bonchev–Trinajstić information content (AvgIpc) is 3.48. The standard InChI is InChI=1S/C32H37Cl2N3O4S/c1-42(40,41)37(27-15-6-3-7-16-27)20-10-17-31(38)36(23-25-18-19-28(33)29(34)21-25)30(22-24-11-4-2-5-12-24)32(39)35-26-13-8-9-14-26/h2-7,11-12,15-16,18-19,21,26,30H,8-10,13-14,17,20,22-23H2,1H3,(H,35,39)/t30-/m1/s1. The van der Waals surface area contributed by atoms with E-state index >= 15 is 0 Å². The first-order valence-electron chi connectivity index (χ1n) is 14.2. The molecule has 4 rings (SSSR count). The lowest BCUT2D eigenvalue weighted by molar-refractivity contribution is -0.141. The second-order valence-corrected chi connectivity index (χ2v) is 13.5. The monoisotopic (exact) mass is 629 g/mol. The smallest absolute Gasteiger partial charge is 0.243 e. The number of hydrogen-bond acceptors (Lipinski definition) is 4. The molecule has 0 aliphatic heterocycles. The van der Waals surface area contributed by atoms with E-state index in [1.54, 1.807) is 47.4 Å². The lowest BCUT2D eigenvalue weighted by Crippen LogP contribution is -2.52. The summed E-state index contributed by atoms with van der Waals surface area (Å²) in [5.41, 5.74) is 2.22. The van der Waals surface area contributed by atoms with Crippen molar-refractivity contribution < 1.29 is 18.0 Å². The lowest BCUT2D eigenvalue weighted by Gasteiger charge is -2.33. The number of amides is 2. The molecule has 0 radical (unpaired) electrons. The van der Waals surface area contributed by atoms with Gasteiger partial charge in [-0.3, -0.25) is 13.9 Å². The molecule has 3 aromatic carbocycles. The van der Waals surface area contributed by atoms with Crippen LogP contribution < -0.4 is 9.62 Å². The number of nitrogens with zero attached hydrogens (tertiary/aromatic N) is 2. The summed E-state index contributed by atoms with van der Waals surface area (Å²) in [5, 5.41) is 3.96. The fourth-order valence-electron chi connectivity index (χ4n) is 5.35. The predicted molar refractivity (Wildman–Crippen MR) is 169 cm³/mol. The van der Waals surface area contributed by atoms with Crippen molar-refractivity contribution >= 4 is 50.7 Å². The molecule has 3 aromatic rings. The third-order valence-corrected chi connectivity index (χ3v) is 9.44. The second-order valence-electron chi connectivity index (χ2n) is 10.7. The van der Waals surface area contributed by atoms with Crippen LogP contribution in [0.4, 0.5) is 5.69 Å². The summed E-state index contributed by atoms with van der Waals surface area (Å²) < 4.78 is 26.4. The Bertz CT molecular complexity index is 1450. The van der Waals surface area contributed by atoms with Crippen molar-refractivity contribution in [2.45, 2.75) is 63.6 Å². The van der Waals surface area contributed by atoms with Gasteiger partial charge >= 0.3 is 0 Å². The van der Waals surface area contributed by atoms with Crippen molar-refractivity contribution in [3.05, 3.63) is 100 Å². The minimum atomic E-state index is -3.56. The summed E-state index contributed by atoms with van der Waals surface area (Å²) in [6.45, 7) is 0.284. The second kappa shape index (κ2) is 14.9. The summed E-state index contributed by atoms with van der Waals surface area (Å²) in [6, 6.07) is 22.9. The van der Waals surface area contributed by atoms with Gasteiger partial charge in [-0.15, -0.1) is 0 Å². The molecule has 0 unspecified atom stereocenters. The topological polar surface area (TPSA) is 86.8 Å². The van der Waals surface area contributed by atoms with Crippen molar-refractivity contribution in [1.29, 1.82) is 0 Å². The van der Waals surface area contributed by atoms with E-state index in [-0.39, 0.29) is 43.8 Å². The first kappa shape index (κ1) is 31.9. The van der Waals surface area contributed by atoms with Crippen LogP contribution in [0.15, 0.2) is 78.9 Å². The van der Waals surface area contributed by atoms with Gasteiger partial charge in [0.25, 0.3) is 0 Å². The van der Waals surface area contributed by atoms with Gasteiger partial charge in [-0.1, -0.05) is 90.6 Å². The van der Waals surface area contributed by atoms with E-state index in [9.17, 15) is 18.0 Å². The summed E-state index contributed by atoms with van der Waals surface area (Å²) >= 11 is 12.5. The van der Waals surface area contributed by atoms with Crippen LogP contribution in [-0.2, 0) is 32.6 Å². The van der Waals surface area contributed by atoms with Crippen molar-refractivity contribution in [1.82, 2.24) is 10.2 Å². The third kappa shape index (κ3) is 8.96. The van der Waals surface area contributed by atoms with E-state index < -0.39 is 16.1 Å². The minimum absolute atomic E-state index is 0.0577. The molecule has 1 atom stereocenters. The van der Waals surface area contributed by atoms with E-state index in [1.807, 2.05) is 36.4 Å². The first-order chi connectivity index (χ1) is 20.1. The van der Waals surface area contributed by atoms with Crippen LogP contribution in [0.5, 0.6) is 0 Å². The minimum Gasteiger partial charge on any atom is -0.352 e. The number of anilines is 1. The molecule has 2 amide bonds. The zero-order chi connectivity index (χ0) is 30.1. The van der Waals surface area contributed by atoms with E-state index in [2.05, 4.69) is 5.32 Å². The highest BCUT2D eigenvalue weighted by molar-refractivity contribution is 7.92. The van der Waals surface area contributed by atoms with Crippen molar-refractivity contribution in [2.24, 2.45) is 0 Å². The lowest BCUT2D eigenvalue weighted by atomic mass is 10.0. The summed E-state index contributed by atoms with van der Waals surface area (Å²) in [7, 11) is -3.56. The van der Waals surface area contributed by atoms with Gasteiger partial charge in [-0.25, -0.2) is 8.42 Å². The Kier molecular flexibility index (Phi) is 11.3. The molecule has 1 saturated carbocycles. The molecular weight excluding hydrogens is 593 g/mol. The summed E-state index contributed by atoms with van der Waals surface area (Å²) in [4.78, 5) is 29.4. The van der Waals surface area contributed by atoms with Gasteiger partial charge in [0.1, 0.15) is 6.04 Å². The molecule has 224 valence electrons. The molecule has 1 aliphatic rings. The third-order valence-electron chi connectivity index (χ3n) is 7.51. The molecule has 42 heavy (non-hydrogen) atoms. The fraction of sp³-hybridized carbons (Fsp3) is 0.375. The maximum absolute atomic E-state index is 14.0. The van der Waals surface area contributed by atoms with Crippen LogP contribution in [0.25, 0.3) is 0 Å². The molecular formula is C32H37Cl2N3O4S. The maximum Gasteiger partial charge on any atom is 0.243 e. The molecule has 0 bridgehead atoms. The molecule has 0 spiro atoms. The Morgan fingerprint density at radius 1 is 0.905 bits per heavy atom. The van der Waals surface area contributed by atoms with Crippen LogP contribution in [0.3, 0.4) is 0 Å². The van der Waals surface area contributed by atoms with E-state index in [1.165, 1.54) is 4.31 Å². The fourth-order valence-corrected chi connectivity index (χ4v) is 6.64. The van der Waals surface area contributed by atoms with Gasteiger partial charge in [0.15, 0.2) is 0 Å². The van der Waals surface area contributed by atoms with E-state index in [4.69, 9.17) is 23.2 Å². The highest BCUT2D eigenvalue weighted by atomic mass is 35.5. The van der Waals surface area contributed by atoms with Crippen molar-refractivity contribution in [2.75, 3.05) is 17.1 Å². The predicted octanol–water partition coefficient (Wildman–Crippen LogP) is 6.24. The van der Waals surface area contributed by atoms with Crippen LogP contribution in [-0.4, -0.2) is 50.0 Å². The molecule has 0 saturated heterocycles. The number of carbonyl (C=O) groups is 2. The Labute approximate surface area is 258 Å². The Balaban J connectivity index is 1.60. The Morgan fingerprint density at radius 3 is 2.17 bits per heavy atom. The number of hydrogen-bond donors (Lipinski definition) is 1. The maximum atomic E-state index is 14.0. The van der Waals surface area contributed by atoms with E-state index in [0.717, 1.165) is 43.1 Å². The number of halogens is 2. The molecule has 1 fully saturated rings. The largest absolute Gasteiger partial charge is 0.352 e. The first-order valence-corrected chi connectivity index (χ1v) is 16.8. The SMILES string of the molecule is CS(=O)(=O)N(CCCC(=O)N(Cc1ccc(Cl)c(Cl)c1)[C@H](Cc1ccccc1)C(=O)NC1CCCC1)c1ccccc1. The molecule has 1 aliphatic carbocycles. The van der Waals surface area contributed by atoms with Gasteiger partial charge in [0.2, 0.25) is 21.8 Å². The van der Waals surface area contributed by atoms with Crippen molar-refractivity contribution in [3.8, 4) is 0 Å². The highest BCUT2D eigenvalue weighted by Gasteiger charge is 2.32. The highest BCUT2D eigenvalue weighted by Crippen LogP contribution is 2.26. The molecule has 0 heterocycles. The number of carbonyl (C=O) groups excluding carboxylic acids is 2. The summed E-state index contributed by atoms with van der Waals surface area (Å²) in [5.74, 6) is -0.439. The molecule has 0 aromatic heterocycles. The normalized spacial score (nSPS) is 14.4. The van der Waals surface area contributed by atoms with Crippen LogP contribution in [0, 0.1) is 0 Å². The molecule has 7 nitrogen and oxygen atoms in total. The van der Waals surface area contributed by atoms with Gasteiger partial charge in [-0.05, 0) is 54.7 Å². The number of benzene rings is 3. The number of sulfonamides is 1. The summed E-state index contributed by atoms with van der Waals surface area (Å²) in [6.07, 6.45) is 5.81. The van der Waals surface area contributed by atoms with Gasteiger partial charge < -0.3 is 10.2 Å². The number of nitrogens with one attached hydrogen (secondary N) is 1. The van der Waals surface area contributed by atoms with Gasteiger partial charge in [0, 0.05) is 32.0 Å². The Morgan fingerprint density at radius 2 is 1.55 bits per heavy atom. The quantitative estimate of drug-likeness (QED) is 0.242. The average molecular weight is 631 g/mol. The van der Waals surface area contributed by atoms with Gasteiger partial charge in [0.05, 0.1) is 22.0 Å². The number of para-hydroxylation sites is 1. The molecule has 1 N–H and O–H groups in total. The van der Waals surface area contributed by atoms with Crippen LogP contribution >= 0.6 is 23.2 Å². The Hall–Kier alpha value is -3.07. The van der Waals surface area contributed by atoms with Gasteiger partial charge in [-0.2, -0.15) is 0 Å². The number of rotatable bonds is 13.